The summed E-state index contributed by atoms with van der Waals surface area (Å²) >= 11 is 0. The molecular formula is C7H8N2O2. The Morgan fingerprint density at radius 1 is 1.82 bits per heavy atom. The molecular weight excluding hydrogens is 144 g/mol. The maximum atomic E-state index is 10.2. The van der Waals surface area contributed by atoms with Crippen LogP contribution < -0.4 is 0 Å². The van der Waals surface area contributed by atoms with Crippen molar-refractivity contribution in [3.8, 4) is 12.3 Å². The monoisotopic (exact) mass is 152 g/mol. The molecule has 0 rings (SSSR count). The highest BCUT2D eigenvalue weighted by Gasteiger charge is 2.09. The van der Waals surface area contributed by atoms with Crippen LogP contribution in [0.5, 0.6) is 0 Å². The lowest BCUT2D eigenvalue weighted by Crippen LogP contribution is -1.98. The molecule has 0 saturated carbocycles. The second-order valence-electron chi connectivity index (χ2n) is 1.74. The maximum absolute atomic E-state index is 10.2. The van der Waals surface area contributed by atoms with Gasteiger partial charge in [0.1, 0.15) is 6.21 Å². The summed E-state index contributed by atoms with van der Waals surface area (Å²) in [6.07, 6.45) is 6.29. The zero-order chi connectivity index (χ0) is 8.85. The van der Waals surface area contributed by atoms with Gasteiger partial charge in [0.25, 0.3) is 0 Å². The van der Waals surface area contributed by atoms with E-state index in [2.05, 4.69) is 10.9 Å². The minimum Gasteiger partial charge on any atom is -0.358 e. The van der Waals surface area contributed by atoms with Crippen molar-refractivity contribution in [3.05, 3.63) is 21.5 Å². The summed E-state index contributed by atoms with van der Waals surface area (Å²) in [5, 5.41) is 10.2. The van der Waals surface area contributed by atoms with Gasteiger partial charge in [0, 0.05) is 0 Å². The van der Waals surface area contributed by atoms with Crippen LogP contribution >= 0.6 is 0 Å². The third-order valence-corrected chi connectivity index (χ3v) is 0.976. The van der Waals surface area contributed by atoms with E-state index in [1.807, 2.05) is 0 Å². The van der Waals surface area contributed by atoms with E-state index in [0.717, 1.165) is 0 Å². The van der Waals surface area contributed by atoms with E-state index in [-0.39, 0.29) is 11.4 Å². The van der Waals surface area contributed by atoms with Crippen LogP contribution in [0.15, 0.2) is 16.4 Å². The third-order valence-electron chi connectivity index (χ3n) is 0.976. The van der Waals surface area contributed by atoms with Crippen molar-refractivity contribution >= 4 is 6.21 Å². The predicted octanol–water partition coefficient (Wildman–Crippen LogP) is 1.22. The molecule has 0 radical (unpaired) electrons. The molecule has 0 N–H and O–H groups in total. The first-order valence-corrected chi connectivity index (χ1v) is 2.94. The lowest BCUT2D eigenvalue weighted by atomic mass is 10.3. The van der Waals surface area contributed by atoms with Crippen molar-refractivity contribution < 1.29 is 4.92 Å². The van der Waals surface area contributed by atoms with Gasteiger partial charge in [-0.25, -0.2) is 0 Å². The Morgan fingerprint density at radius 3 is 2.64 bits per heavy atom. The Bertz CT molecular complexity index is 258. The fraction of sp³-hybridized carbons (Fsp3) is 0.286. The molecule has 0 aromatic carbocycles. The highest BCUT2D eigenvalue weighted by molar-refractivity contribution is 5.55. The first kappa shape index (κ1) is 9.37. The van der Waals surface area contributed by atoms with E-state index in [1.165, 1.54) is 13.1 Å². The molecule has 0 amide bonds. The number of terminal acetylenes is 1. The molecule has 0 aliphatic carbocycles. The Labute approximate surface area is 64.8 Å². The van der Waals surface area contributed by atoms with Gasteiger partial charge in [0.2, 0.25) is 0 Å². The smallest absolute Gasteiger partial charge is 0.358 e. The van der Waals surface area contributed by atoms with Gasteiger partial charge in [-0.05, 0) is 18.8 Å². The molecule has 4 heteroatoms. The summed E-state index contributed by atoms with van der Waals surface area (Å²) in [6, 6.07) is 0. The summed E-state index contributed by atoms with van der Waals surface area (Å²) in [5.74, 6) is 1.89. The SMILES string of the molecule is C#C/C(C)=C(/N=C\C)[N+](=O)[O-]. The first-order chi connectivity index (χ1) is 5.13. The number of hydrogen-bond donors (Lipinski definition) is 0. The zero-order valence-corrected chi connectivity index (χ0v) is 6.37. The average molecular weight is 152 g/mol. The number of nitrogens with zero attached hydrogens (tertiary/aromatic N) is 2. The Hall–Kier alpha value is -1.63. The maximum Gasteiger partial charge on any atom is 0.374 e. The van der Waals surface area contributed by atoms with E-state index in [0.29, 0.717) is 0 Å². The summed E-state index contributed by atoms with van der Waals surface area (Å²) in [4.78, 5) is 13.1. The van der Waals surface area contributed by atoms with Crippen LogP contribution in [-0.4, -0.2) is 11.1 Å². The molecule has 0 aliphatic rings. The molecule has 0 aromatic rings. The number of nitro groups is 1. The molecule has 0 spiro atoms. The molecule has 0 saturated heterocycles. The van der Waals surface area contributed by atoms with Gasteiger partial charge in [-0.3, -0.25) is 0 Å². The lowest BCUT2D eigenvalue weighted by Gasteiger charge is -1.92. The van der Waals surface area contributed by atoms with Crippen molar-refractivity contribution in [2.45, 2.75) is 13.8 Å². The Balaban J connectivity index is 4.92. The van der Waals surface area contributed by atoms with Gasteiger partial charge in [-0.1, -0.05) is 10.9 Å². The van der Waals surface area contributed by atoms with Gasteiger partial charge >= 0.3 is 5.82 Å². The van der Waals surface area contributed by atoms with Crippen LogP contribution in [0.3, 0.4) is 0 Å². The van der Waals surface area contributed by atoms with E-state index in [4.69, 9.17) is 6.42 Å². The number of hydrogen-bond acceptors (Lipinski definition) is 3. The fourth-order valence-electron chi connectivity index (χ4n) is 0.468. The van der Waals surface area contributed by atoms with Gasteiger partial charge in [-0.2, -0.15) is 0 Å². The van der Waals surface area contributed by atoms with Crippen LogP contribution in [0, 0.1) is 22.5 Å². The molecule has 0 aliphatic heterocycles. The second-order valence-corrected chi connectivity index (χ2v) is 1.74. The lowest BCUT2D eigenvalue weighted by molar-refractivity contribution is -0.426. The summed E-state index contributed by atoms with van der Waals surface area (Å²) in [5.41, 5.74) is 0.230. The van der Waals surface area contributed by atoms with E-state index in [9.17, 15) is 10.1 Å². The molecule has 0 heterocycles. The minimum atomic E-state index is -0.602. The molecule has 0 bridgehead atoms. The molecule has 58 valence electrons. The molecule has 0 unspecified atom stereocenters. The van der Waals surface area contributed by atoms with E-state index in [1.54, 1.807) is 6.92 Å². The predicted molar refractivity (Wildman–Crippen MR) is 42.7 cm³/mol. The minimum absolute atomic E-state index is 0.230. The number of aliphatic imine (C=N–C) groups is 1. The van der Waals surface area contributed by atoms with Crippen LogP contribution in [0.2, 0.25) is 0 Å². The molecule has 0 fully saturated rings. The van der Waals surface area contributed by atoms with Crippen molar-refractivity contribution in [1.82, 2.24) is 0 Å². The fourth-order valence-corrected chi connectivity index (χ4v) is 0.468. The van der Waals surface area contributed by atoms with Crippen molar-refractivity contribution in [1.29, 1.82) is 0 Å². The Kier molecular flexibility index (Phi) is 3.60. The molecule has 0 aromatic heterocycles. The molecule has 4 nitrogen and oxygen atoms in total. The normalized spacial score (nSPS) is 12.5. The van der Waals surface area contributed by atoms with E-state index < -0.39 is 4.92 Å². The van der Waals surface area contributed by atoms with Crippen LogP contribution in [0.4, 0.5) is 0 Å². The van der Waals surface area contributed by atoms with Crippen LogP contribution in [0.1, 0.15) is 13.8 Å². The standard InChI is InChI=1S/C7H8N2O2/c1-4-6(3)7(8-5-2)9(10)11/h1,5H,2-3H3/b7-6-,8-5-. The third kappa shape index (κ3) is 2.63. The van der Waals surface area contributed by atoms with Gasteiger partial charge in [-0.15, -0.1) is 6.42 Å². The van der Waals surface area contributed by atoms with E-state index >= 15 is 0 Å². The van der Waals surface area contributed by atoms with Gasteiger partial charge in [0.15, 0.2) is 0 Å². The largest absolute Gasteiger partial charge is 0.374 e. The quantitative estimate of drug-likeness (QED) is 0.258. The highest BCUT2D eigenvalue weighted by Crippen LogP contribution is 2.04. The first-order valence-electron chi connectivity index (χ1n) is 2.94. The second kappa shape index (κ2) is 4.23. The van der Waals surface area contributed by atoms with Gasteiger partial charge < -0.3 is 10.1 Å². The number of rotatable bonds is 2. The summed E-state index contributed by atoms with van der Waals surface area (Å²) < 4.78 is 0. The van der Waals surface area contributed by atoms with Crippen molar-refractivity contribution in [2.75, 3.05) is 0 Å². The highest BCUT2D eigenvalue weighted by atomic mass is 16.6. The average Bonchev–Trinajstić information content (AvgIpc) is 1.98. The van der Waals surface area contributed by atoms with Crippen molar-refractivity contribution in [3.63, 3.8) is 0 Å². The molecule has 11 heavy (non-hydrogen) atoms. The summed E-state index contributed by atoms with van der Waals surface area (Å²) in [6.45, 7) is 3.07. The van der Waals surface area contributed by atoms with Gasteiger partial charge in [0.05, 0.1) is 5.57 Å². The van der Waals surface area contributed by atoms with Crippen molar-refractivity contribution in [2.24, 2.45) is 4.99 Å². The van der Waals surface area contributed by atoms with Crippen LogP contribution in [-0.2, 0) is 0 Å². The zero-order valence-electron chi connectivity index (χ0n) is 6.37. The topological polar surface area (TPSA) is 55.5 Å². The van der Waals surface area contributed by atoms with Crippen LogP contribution in [0.25, 0.3) is 0 Å². The number of allylic oxidation sites excluding steroid dienone is 1. The molecule has 0 atom stereocenters. The Morgan fingerprint density at radius 2 is 2.36 bits per heavy atom. The summed E-state index contributed by atoms with van der Waals surface area (Å²) in [7, 11) is 0.